The zero-order valence-corrected chi connectivity index (χ0v) is 10.4. The zero-order chi connectivity index (χ0) is 12.5. The van der Waals surface area contributed by atoms with Crippen LogP contribution in [0, 0.1) is 11.3 Å². The quantitative estimate of drug-likeness (QED) is 0.762. The number of carboxylic acid groups (broad SMARTS) is 1. The van der Waals surface area contributed by atoms with Crippen LogP contribution in [0.4, 0.5) is 0 Å². The summed E-state index contributed by atoms with van der Waals surface area (Å²) in [5.74, 6) is -0.559. The normalized spacial score (nSPS) is 23.1. The van der Waals surface area contributed by atoms with Crippen LogP contribution in [-0.2, 0) is 9.59 Å². The number of hydrogen-bond donors (Lipinski definition) is 1. The highest BCUT2D eigenvalue weighted by Crippen LogP contribution is 2.47. The Labute approximate surface area is 102 Å². The molecule has 2 rings (SSSR count). The van der Waals surface area contributed by atoms with E-state index in [0.717, 1.165) is 6.54 Å². The van der Waals surface area contributed by atoms with Crippen molar-refractivity contribution in [3.8, 4) is 0 Å². The molecule has 0 heterocycles. The highest BCUT2D eigenvalue weighted by molar-refractivity contribution is 6.04. The first-order valence-electron chi connectivity index (χ1n) is 6.55. The molecule has 0 atom stereocenters. The zero-order valence-electron chi connectivity index (χ0n) is 10.4. The van der Waals surface area contributed by atoms with Crippen LogP contribution >= 0.6 is 0 Å². The minimum atomic E-state index is -1.07. The third kappa shape index (κ3) is 2.45. The molecule has 0 saturated heterocycles. The lowest BCUT2D eigenvalue weighted by atomic mass is 9.88. The van der Waals surface area contributed by atoms with Gasteiger partial charge < -0.3 is 10.0 Å². The van der Waals surface area contributed by atoms with Gasteiger partial charge in [-0.1, -0.05) is 19.3 Å². The molecule has 2 fully saturated rings. The molecule has 1 N–H and O–H groups in total. The summed E-state index contributed by atoms with van der Waals surface area (Å²) in [6.07, 6.45) is 7.17. The second-order valence-corrected chi connectivity index (χ2v) is 5.58. The number of nitrogens with zero attached hydrogens (tertiary/aromatic N) is 1. The van der Waals surface area contributed by atoms with Gasteiger partial charge in [-0.25, -0.2) is 0 Å². The fourth-order valence-corrected chi connectivity index (χ4v) is 2.85. The Morgan fingerprint density at radius 3 is 2.29 bits per heavy atom. The Bertz CT molecular complexity index is 317. The summed E-state index contributed by atoms with van der Waals surface area (Å²) >= 11 is 0. The molecule has 96 valence electrons. The van der Waals surface area contributed by atoms with Crippen molar-refractivity contribution < 1.29 is 14.7 Å². The molecule has 2 aliphatic rings. The molecule has 1 amide bonds. The van der Waals surface area contributed by atoms with E-state index in [9.17, 15) is 9.59 Å². The summed E-state index contributed by atoms with van der Waals surface area (Å²) < 4.78 is 0. The van der Waals surface area contributed by atoms with E-state index < -0.39 is 11.4 Å². The van der Waals surface area contributed by atoms with Gasteiger partial charge >= 0.3 is 5.97 Å². The number of rotatable bonds is 4. The van der Waals surface area contributed by atoms with Crippen molar-refractivity contribution in [2.24, 2.45) is 11.3 Å². The predicted octanol–water partition coefficient (Wildman–Crippen LogP) is 1.89. The summed E-state index contributed by atoms with van der Waals surface area (Å²) in [6.45, 7) is 0.730. The lowest BCUT2D eigenvalue weighted by molar-refractivity contribution is -0.153. The minimum Gasteiger partial charge on any atom is -0.480 e. The first-order chi connectivity index (χ1) is 8.06. The highest BCUT2D eigenvalue weighted by atomic mass is 16.4. The molecule has 0 aromatic rings. The lowest BCUT2D eigenvalue weighted by Gasteiger charge is -2.28. The summed E-state index contributed by atoms with van der Waals surface area (Å²) in [4.78, 5) is 24.8. The van der Waals surface area contributed by atoms with Gasteiger partial charge in [-0.3, -0.25) is 9.59 Å². The van der Waals surface area contributed by atoms with Crippen LogP contribution in [0.5, 0.6) is 0 Å². The number of carbonyl (C=O) groups excluding carboxylic acids is 1. The molecule has 17 heavy (non-hydrogen) atoms. The van der Waals surface area contributed by atoms with Crippen LogP contribution < -0.4 is 0 Å². The Kier molecular flexibility index (Phi) is 3.40. The second kappa shape index (κ2) is 4.67. The number of hydrogen-bond acceptors (Lipinski definition) is 2. The van der Waals surface area contributed by atoms with Gasteiger partial charge in [-0.05, 0) is 31.6 Å². The highest BCUT2D eigenvalue weighted by Gasteiger charge is 2.58. The topological polar surface area (TPSA) is 57.6 Å². The van der Waals surface area contributed by atoms with Gasteiger partial charge in [0.25, 0.3) is 0 Å². The molecule has 4 nitrogen and oxygen atoms in total. The number of carboxylic acids is 1. The Morgan fingerprint density at radius 1 is 1.24 bits per heavy atom. The third-order valence-corrected chi connectivity index (χ3v) is 4.17. The van der Waals surface area contributed by atoms with Crippen molar-refractivity contribution in [3.63, 3.8) is 0 Å². The first kappa shape index (κ1) is 12.4. The first-order valence-corrected chi connectivity index (χ1v) is 6.55. The smallest absolute Gasteiger partial charge is 0.319 e. The molecule has 0 unspecified atom stereocenters. The van der Waals surface area contributed by atoms with Crippen LogP contribution in [0.25, 0.3) is 0 Å². The van der Waals surface area contributed by atoms with Crippen LogP contribution in [0.3, 0.4) is 0 Å². The molecule has 0 bridgehead atoms. The van der Waals surface area contributed by atoms with E-state index in [1.165, 1.54) is 32.1 Å². The molecular weight excluding hydrogens is 218 g/mol. The van der Waals surface area contributed by atoms with Gasteiger partial charge in [0.05, 0.1) is 0 Å². The van der Waals surface area contributed by atoms with E-state index in [4.69, 9.17) is 5.11 Å². The molecule has 0 radical (unpaired) electrons. The third-order valence-electron chi connectivity index (χ3n) is 4.17. The summed E-state index contributed by atoms with van der Waals surface area (Å²) in [5.41, 5.74) is -1.07. The SMILES string of the molecule is CN(CC1CCCCC1)C(=O)C1(C(=O)O)CC1. The fraction of sp³-hybridized carbons (Fsp3) is 0.846. The Hall–Kier alpha value is -1.06. The molecule has 0 aromatic heterocycles. The van der Waals surface area contributed by atoms with Gasteiger partial charge in [0.1, 0.15) is 5.41 Å². The van der Waals surface area contributed by atoms with E-state index in [2.05, 4.69) is 0 Å². The van der Waals surface area contributed by atoms with E-state index >= 15 is 0 Å². The van der Waals surface area contributed by atoms with E-state index in [1.54, 1.807) is 11.9 Å². The van der Waals surface area contributed by atoms with Crippen LogP contribution in [0.1, 0.15) is 44.9 Å². The number of aliphatic carboxylic acids is 1. The van der Waals surface area contributed by atoms with Gasteiger partial charge in [0, 0.05) is 13.6 Å². The molecule has 4 heteroatoms. The number of amides is 1. The molecule has 2 aliphatic carbocycles. The molecule has 0 aromatic carbocycles. The van der Waals surface area contributed by atoms with Gasteiger partial charge in [-0.2, -0.15) is 0 Å². The lowest BCUT2D eigenvalue weighted by Crippen LogP contribution is -2.41. The summed E-state index contributed by atoms with van der Waals surface area (Å²) in [7, 11) is 1.75. The van der Waals surface area contributed by atoms with Gasteiger partial charge in [0.15, 0.2) is 0 Å². The number of carbonyl (C=O) groups is 2. The maximum absolute atomic E-state index is 12.1. The van der Waals surface area contributed by atoms with Crippen LogP contribution in [0.2, 0.25) is 0 Å². The average Bonchev–Trinajstić information content (AvgIpc) is 3.10. The van der Waals surface area contributed by atoms with Crippen molar-refractivity contribution in [1.82, 2.24) is 4.90 Å². The maximum atomic E-state index is 12.1. The maximum Gasteiger partial charge on any atom is 0.319 e. The fourth-order valence-electron chi connectivity index (χ4n) is 2.85. The largest absolute Gasteiger partial charge is 0.480 e. The van der Waals surface area contributed by atoms with E-state index in [0.29, 0.717) is 18.8 Å². The van der Waals surface area contributed by atoms with Gasteiger partial charge in [0.2, 0.25) is 5.91 Å². The predicted molar refractivity (Wildman–Crippen MR) is 63.5 cm³/mol. The van der Waals surface area contributed by atoms with Crippen LogP contribution in [0.15, 0.2) is 0 Å². The minimum absolute atomic E-state index is 0.185. The van der Waals surface area contributed by atoms with Gasteiger partial charge in [-0.15, -0.1) is 0 Å². The van der Waals surface area contributed by atoms with Crippen molar-refractivity contribution in [2.45, 2.75) is 44.9 Å². The monoisotopic (exact) mass is 239 g/mol. The summed E-state index contributed by atoms with van der Waals surface area (Å²) in [6, 6.07) is 0. The van der Waals surface area contributed by atoms with Crippen molar-refractivity contribution in [1.29, 1.82) is 0 Å². The molecule has 0 spiro atoms. The molecular formula is C13H21NO3. The van der Waals surface area contributed by atoms with Crippen LogP contribution in [-0.4, -0.2) is 35.5 Å². The van der Waals surface area contributed by atoms with Crippen molar-refractivity contribution >= 4 is 11.9 Å². The molecule has 2 saturated carbocycles. The van der Waals surface area contributed by atoms with E-state index in [-0.39, 0.29) is 5.91 Å². The van der Waals surface area contributed by atoms with E-state index in [1.807, 2.05) is 0 Å². The Balaban J connectivity index is 1.89. The summed E-state index contributed by atoms with van der Waals surface area (Å²) in [5, 5.41) is 9.08. The average molecular weight is 239 g/mol. The standard InChI is InChI=1S/C13H21NO3/c1-14(9-10-5-3-2-4-6-10)11(15)13(7-8-13)12(16)17/h10H,2-9H2,1H3,(H,16,17). The van der Waals surface area contributed by atoms with Crippen molar-refractivity contribution in [2.75, 3.05) is 13.6 Å². The molecule has 0 aliphatic heterocycles. The Morgan fingerprint density at radius 2 is 1.82 bits per heavy atom. The second-order valence-electron chi connectivity index (χ2n) is 5.58. The van der Waals surface area contributed by atoms with Crippen molar-refractivity contribution in [3.05, 3.63) is 0 Å².